The van der Waals surface area contributed by atoms with Gasteiger partial charge >= 0.3 is 0 Å². The van der Waals surface area contributed by atoms with Gasteiger partial charge in [0.05, 0.1) is 12.1 Å². The van der Waals surface area contributed by atoms with Gasteiger partial charge in [-0.2, -0.15) is 0 Å². The summed E-state index contributed by atoms with van der Waals surface area (Å²) in [5.41, 5.74) is 1.56. The zero-order chi connectivity index (χ0) is 16.7. The second-order valence-corrected chi connectivity index (χ2v) is 6.09. The van der Waals surface area contributed by atoms with Gasteiger partial charge in [0.25, 0.3) is 0 Å². The van der Waals surface area contributed by atoms with Crippen LogP contribution >= 0.6 is 11.6 Å². The molecule has 0 fully saturated rings. The Kier molecular flexibility index (Phi) is 3.57. The topological polar surface area (TPSA) is 75.9 Å². The monoisotopic (exact) mass is 345 g/mol. The first kappa shape index (κ1) is 14.9. The van der Waals surface area contributed by atoms with E-state index in [2.05, 4.69) is 20.8 Å². The zero-order valence-corrected chi connectivity index (χ0v) is 13.2. The van der Waals surface area contributed by atoms with Crippen LogP contribution in [0.4, 0.5) is 10.3 Å². The molecule has 0 saturated heterocycles. The fourth-order valence-electron chi connectivity index (χ4n) is 3.01. The normalized spacial score (nSPS) is 19.6. The van der Waals surface area contributed by atoms with Gasteiger partial charge in [-0.05, 0) is 52.7 Å². The number of aromatic nitrogens is 4. The molecule has 6 nitrogen and oxygen atoms in total. The van der Waals surface area contributed by atoms with Gasteiger partial charge in [-0.25, -0.2) is 9.07 Å². The SMILES string of the molecule is Oc1ccc(Cl)cc1[C@@H]1C[C@@H](c2ccc(F)cc2)n2nnnc2N1. The number of phenols is 1. The Morgan fingerprint density at radius 3 is 2.79 bits per heavy atom. The van der Waals surface area contributed by atoms with Crippen LogP contribution in [0.3, 0.4) is 0 Å². The molecule has 0 aliphatic carbocycles. The third kappa shape index (κ3) is 2.56. The van der Waals surface area contributed by atoms with E-state index in [4.69, 9.17) is 11.6 Å². The fourth-order valence-corrected chi connectivity index (χ4v) is 3.19. The highest BCUT2D eigenvalue weighted by atomic mass is 35.5. The molecule has 4 rings (SSSR count). The summed E-state index contributed by atoms with van der Waals surface area (Å²) in [6.45, 7) is 0. The van der Waals surface area contributed by atoms with Gasteiger partial charge in [-0.1, -0.05) is 28.8 Å². The average Bonchev–Trinajstić information content (AvgIpc) is 3.05. The van der Waals surface area contributed by atoms with Crippen LogP contribution in [0.5, 0.6) is 5.75 Å². The first-order chi connectivity index (χ1) is 11.6. The van der Waals surface area contributed by atoms with Crippen molar-refractivity contribution in [1.82, 2.24) is 20.2 Å². The molecule has 1 aliphatic heterocycles. The van der Waals surface area contributed by atoms with E-state index in [0.29, 0.717) is 23.0 Å². The molecule has 2 heterocycles. The smallest absolute Gasteiger partial charge is 0.243 e. The van der Waals surface area contributed by atoms with Crippen molar-refractivity contribution in [2.75, 3.05) is 5.32 Å². The molecule has 2 aromatic carbocycles. The predicted molar refractivity (Wildman–Crippen MR) is 86.5 cm³/mol. The zero-order valence-electron chi connectivity index (χ0n) is 12.4. The molecule has 0 radical (unpaired) electrons. The number of tetrazole rings is 1. The Morgan fingerprint density at radius 2 is 2.00 bits per heavy atom. The summed E-state index contributed by atoms with van der Waals surface area (Å²) < 4.78 is 14.9. The van der Waals surface area contributed by atoms with Crippen molar-refractivity contribution in [2.45, 2.75) is 18.5 Å². The van der Waals surface area contributed by atoms with Crippen molar-refractivity contribution in [1.29, 1.82) is 0 Å². The molecule has 2 atom stereocenters. The minimum absolute atomic E-state index is 0.149. The minimum atomic E-state index is -0.298. The van der Waals surface area contributed by atoms with E-state index in [-0.39, 0.29) is 23.7 Å². The first-order valence-corrected chi connectivity index (χ1v) is 7.78. The van der Waals surface area contributed by atoms with Crippen LogP contribution in [-0.2, 0) is 0 Å². The van der Waals surface area contributed by atoms with Crippen LogP contribution in [0.25, 0.3) is 0 Å². The highest BCUT2D eigenvalue weighted by molar-refractivity contribution is 6.30. The van der Waals surface area contributed by atoms with Gasteiger partial charge in [0, 0.05) is 10.6 Å². The highest BCUT2D eigenvalue weighted by Gasteiger charge is 2.31. The quantitative estimate of drug-likeness (QED) is 0.745. The molecule has 0 spiro atoms. The van der Waals surface area contributed by atoms with E-state index in [9.17, 15) is 9.50 Å². The van der Waals surface area contributed by atoms with Crippen molar-refractivity contribution in [2.24, 2.45) is 0 Å². The molecule has 0 bridgehead atoms. The highest BCUT2D eigenvalue weighted by Crippen LogP contribution is 2.40. The molecule has 0 amide bonds. The lowest BCUT2D eigenvalue weighted by Crippen LogP contribution is -2.28. The number of halogens is 2. The number of aromatic hydroxyl groups is 1. The Morgan fingerprint density at radius 1 is 1.21 bits per heavy atom. The molecule has 0 saturated carbocycles. The summed E-state index contributed by atoms with van der Waals surface area (Å²) in [6.07, 6.45) is 0.581. The maximum absolute atomic E-state index is 13.2. The van der Waals surface area contributed by atoms with Gasteiger partial charge in [0.15, 0.2) is 0 Å². The largest absolute Gasteiger partial charge is 0.508 e. The van der Waals surface area contributed by atoms with Crippen LogP contribution in [0.2, 0.25) is 5.02 Å². The summed E-state index contributed by atoms with van der Waals surface area (Å²) in [4.78, 5) is 0. The van der Waals surface area contributed by atoms with Crippen LogP contribution < -0.4 is 5.32 Å². The number of benzene rings is 2. The van der Waals surface area contributed by atoms with E-state index in [0.717, 1.165) is 5.56 Å². The molecule has 0 unspecified atom stereocenters. The Bertz CT molecular complexity index is 882. The van der Waals surface area contributed by atoms with E-state index >= 15 is 0 Å². The van der Waals surface area contributed by atoms with Gasteiger partial charge in [-0.15, -0.1) is 0 Å². The van der Waals surface area contributed by atoms with Gasteiger partial charge in [-0.3, -0.25) is 0 Å². The summed E-state index contributed by atoms with van der Waals surface area (Å²) >= 11 is 6.06. The molecule has 24 heavy (non-hydrogen) atoms. The lowest BCUT2D eigenvalue weighted by Gasteiger charge is -2.31. The lowest BCUT2D eigenvalue weighted by atomic mass is 9.93. The molecular weight excluding hydrogens is 333 g/mol. The van der Waals surface area contributed by atoms with Crippen molar-refractivity contribution in [3.63, 3.8) is 0 Å². The number of phenolic OH excluding ortho intramolecular Hbond substituents is 1. The maximum Gasteiger partial charge on any atom is 0.243 e. The van der Waals surface area contributed by atoms with Gasteiger partial charge < -0.3 is 10.4 Å². The predicted octanol–water partition coefficient (Wildman–Crippen LogP) is 3.32. The number of nitrogens with zero attached hydrogens (tertiary/aromatic N) is 4. The second kappa shape index (κ2) is 5.76. The molecular formula is C16H13ClFN5O. The Hall–Kier alpha value is -2.67. The Labute approximate surface area is 141 Å². The van der Waals surface area contributed by atoms with Gasteiger partial charge in [0.1, 0.15) is 11.6 Å². The van der Waals surface area contributed by atoms with Crippen molar-refractivity contribution in [3.8, 4) is 5.75 Å². The lowest BCUT2D eigenvalue weighted by molar-refractivity contribution is 0.409. The van der Waals surface area contributed by atoms with Gasteiger partial charge in [0.2, 0.25) is 5.95 Å². The van der Waals surface area contributed by atoms with Crippen LogP contribution in [0, 0.1) is 5.82 Å². The number of rotatable bonds is 2. The third-order valence-electron chi connectivity index (χ3n) is 4.17. The molecule has 122 valence electrons. The standard InChI is InChI=1S/C16H13ClFN5O/c17-10-3-6-15(24)12(7-10)13-8-14(9-1-4-11(18)5-2-9)23-16(19-13)20-21-22-23/h1-7,13-14,24H,8H2,(H,19,20,22)/t13-,14-/m0/s1. The number of nitrogens with one attached hydrogen (secondary N) is 1. The molecule has 1 aromatic heterocycles. The van der Waals surface area contributed by atoms with Crippen molar-refractivity contribution < 1.29 is 9.50 Å². The summed E-state index contributed by atoms with van der Waals surface area (Å²) in [5.74, 6) is 0.337. The summed E-state index contributed by atoms with van der Waals surface area (Å²) in [5, 5.41) is 25.6. The summed E-state index contributed by atoms with van der Waals surface area (Å²) in [6, 6.07) is 10.7. The molecule has 1 aliphatic rings. The molecule has 3 aromatic rings. The summed E-state index contributed by atoms with van der Waals surface area (Å²) in [7, 11) is 0. The van der Waals surface area contributed by atoms with Crippen LogP contribution in [0.1, 0.15) is 29.6 Å². The van der Waals surface area contributed by atoms with Crippen molar-refractivity contribution in [3.05, 3.63) is 64.4 Å². The second-order valence-electron chi connectivity index (χ2n) is 5.65. The van der Waals surface area contributed by atoms with Crippen LogP contribution in [-0.4, -0.2) is 25.3 Å². The van der Waals surface area contributed by atoms with E-state index in [1.807, 2.05) is 0 Å². The van der Waals surface area contributed by atoms with Crippen LogP contribution in [0.15, 0.2) is 42.5 Å². The molecule has 8 heteroatoms. The number of anilines is 1. The number of hydrogen-bond acceptors (Lipinski definition) is 5. The van der Waals surface area contributed by atoms with E-state index in [1.165, 1.54) is 12.1 Å². The third-order valence-corrected chi connectivity index (χ3v) is 4.41. The Balaban J connectivity index is 1.76. The number of fused-ring (bicyclic) bond motifs is 1. The first-order valence-electron chi connectivity index (χ1n) is 7.40. The minimum Gasteiger partial charge on any atom is -0.508 e. The average molecular weight is 346 g/mol. The fraction of sp³-hybridized carbons (Fsp3) is 0.188. The maximum atomic E-state index is 13.2. The van der Waals surface area contributed by atoms with E-state index in [1.54, 1.807) is 35.0 Å². The van der Waals surface area contributed by atoms with E-state index < -0.39 is 0 Å². The molecule has 2 N–H and O–H groups in total. The van der Waals surface area contributed by atoms with Crippen molar-refractivity contribution >= 4 is 17.5 Å². The number of hydrogen-bond donors (Lipinski definition) is 2.